The molecule has 1 fully saturated rings. The second-order valence-corrected chi connectivity index (χ2v) is 8.99. The molecule has 2 aromatic carbocycles. The van der Waals surface area contributed by atoms with Gasteiger partial charge in [0.15, 0.2) is 0 Å². The van der Waals surface area contributed by atoms with Crippen LogP contribution in [0.5, 0.6) is 0 Å². The maximum Gasteiger partial charge on any atom is 0.245 e. The van der Waals surface area contributed by atoms with Crippen molar-refractivity contribution in [3.05, 3.63) is 73.1 Å². The Morgan fingerprint density at radius 1 is 0.966 bits per heavy atom. The van der Waals surface area contributed by atoms with Crippen molar-refractivity contribution in [3.63, 3.8) is 0 Å². The number of pyridine rings is 1. The fraction of sp³-hybridized carbons (Fsp3) is 0.190. The van der Waals surface area contributed by atoms with Crippen LogP contribution in [0.1, 0.15) is 12.5 Å². The van der Waals surface area contributed by atoms with Crippen molar-refractivity contribution >= 4 is 20.9 Å². The van der Waals surface area contributed by atoms with Gasteiger partial charge in [0.1, 0.15) is 10.6 Å². The minimum Gasteiger partial charge on any atom is -0.255 e. The number of sulfonamides is 1. The summed E-state index contributed by atoms with van der Waals surface area (Å²) in [7, 11) is -3.64. The van der Waals surface area contributed by atoms with Gasteiger partial charge in [-0.2, -0.15) is 4.31 Å². The molecular formula is C21H19N5O2S. The Morgan fingerprint density at radius 3 is 2.66 bits per heavy atom. The van der Waals surface area contributed by atoms with Crippen LogP contribution in [-0.2, 0) is 10.0 Å². The first kappa shape index (κ1) is 18.0. The van der Waals surface area contributed by atoms with Crippen LogP contribution in [0.2, 0.25) is 0 Å². The molecule has 1 atom stereocenters. The zero-order valence-corrected chi connectivity index (χ0v) is 16.4. The number of nitrogens with zero attached hydrogens (tertiary/aromatic N) is 5. The predicted molar refractivity (Wildman–Crippen MR) is 110 cm³/mol. The summed E-state index contributed by atoms with van der Waals surface area (Å²) < 4.78 is 29.9. The van der Waals surface area contributed by atoms with E-state index >= 15 is 0 Å². The zero-order valence-electron chi connectivity index (χ0n) is 15.6. The summed E-state index contributed by atoms with van der Waals surface area (Å²) in [4.78, 5) is 4.55. The largest absolute Gasteiger partial charge is 0.255 e. The molecule has 0 aliphatic carbocycles. The van der Waals surface area contributed by atoms with Gasteiger partial charge in [-0.1, -0.05) is 53.7 Å². The topological polar surface area (TPSA) is 81.0 Å². The Bertz CT molecular complexity index is 1270. The smallest absolute Gasteiger partial charge is 0.245 e. The molecule has 5 rings (SSSR count). The van der Waals surface area contributed by atoms with Crippen LogP contribution in [0.25, 0.3) is 22.2 Å². The monoisotopic (exact) mass is 405 g/mol. The molecule has 1 aliphatic rings. The number of hydrogen-bond acceptors (Lipinski definition) is 5. The molecule has 2 aromatic heterocycles. The first-order valence-electron chi connectivity index (χ1n) is 9.44. The Morgan fingerprint density at radius 2 is 1.79 bits per heavy atom. The van der Waals surface area contributed by atoms with Gasteiger partial charge in [0.25, 0.3) is 0 Å². The molecule has 4 aromatic rings. The molecule has 0 saturated carbocycles. The van der Waals surface area contributed by atoms with E-state index in [0.717, 1.165) is 16.6 Å². The molecule has 1 saturated heterocycles. The summed E-state index contributed by atoms with van der Waals surface area (Å²) in [5.74, 6) is 0. The van der Waals surface area contributed by atoms with E-state index in [9.17, 15) is 8.42 Å². The van der Waals surface area contributed by atoms with Crippen LogP contribution in [0, 0.1) is 0 Å². The zero-order chi connectivity index (χ0) is 19.8. The number of rotatable bonds is 4. The van der Waals surface area contributed by atoms with Crippen LogP contribution >= 0.6 is 0 Å². The summed E-state index contributed by atoms with van der Waals surface area (Å²) in [6.07, 6.45) is 4.19. The maximum absolute atomic E-state index is 13.3. The minimum atomic E-state index is -3.64. The predicted octanol–water partition coefficient (Wildman–Crippen LogP) is 3.13. The number of aromatic nitrogens is 4. The van der Waals surface area contributed by atoms with Crippen LogP contribution in [0.15, 0.2) is 78.0 Å². The lowest BCUT2D eigenvalue weighted by Crippen LogP contribution is -2.29. The van der Waals surface area contributed by atoms with E-state index in [1.807, 2.05) is 48.7 Å². The lowest BCUT2D eigenvalue weighted by atomic mass is 10.2. The second-order valence-electron chi connectivity index (χ2n) is 7.09. The molecule has 29 heavy (non-hydrogen) atoms. The molecule has 0 amide bonds. The normalized spacial score (nSPS) is 17.7. The van der Waals surface area contributed by atoms with Crippen molar-refractivity contribution in [2.45, 2.75) is 17.4 Å². The van der Waals surface area contributed by atoms with Gasteiger partial charge in [-0.3, -0.25) is 4.98 Å². The van der Waals surface area contributed by atoms with Crippen molar-refractivity contribution < 1.29 is 8.42 Å². The second kappa shape index (κ2) is 7.06. The van der Waals surface area contributed by atoms with E-state index in [2.05, 4.69) is 15.3 Å². The van der Waals surface area contributed by atoms with Gasteiger partial charge >= 0.3 is 0 Å². The van der Waals surface area contributed by atoms with Gasteiger partial charge in [-0.05, 0) is 18.6 Å². The molecular weight excluding hydrogens is 386 g/mol. The molecule has 0 spiro atoms. The third-order valence-electron chi connectivity index (χ3n) is 5.29. The SMILES string of the molecule is O=S(=O)(c1cccc2cccnc12)N1CC[C@H](n2cc(-c3ccccc3)nn2)C1. The number of fused-ring (bicyclic) bond motifs is 1. The fourth-order valence-corrected chi connectivity index (χ4v) is 5.42. The number of benzene rings is 2. The molecule has 1 aliphatic heterocycles. The number of hydrogen-bond donors (Lipinski definition) is 0. The highest BCUT2D eigenvalue weighted by atomic mass is 32.2. The van der Waals surface area contributed by atoms with Crippen molar-refractivity contribution in [2.24, 2.45) is 0 Å². The highest BCUT2D eigenvalue weighted by Crippen LogP contribution is 2.30. The Hall–Kier alpha value is -3.10. The molecule has 8 heteroatoms. The molecule has 0 bridgehead atoms. The van der Waals surface area contributed by atoms with Crippen molar-refractivity contribution in [1.29, 1.82) is 0 Å². The molecule has 7 nitrogen and oxygen atoms in total. The summed E-state index contributed by atoms with van der Waals surface area (Å²) in [5, 5.41) is 9.31. The van der Waals surface area contributed by atoms with Gasteiger partial charge < -0.3 is 0 Å². The standard InChI is InChI=1S/C21H19N5O2S/c27-29(28,20-10-4-8-17-9-5-12-22-21(17)20)25-13-11-18(14-25)26-15-19(23-24-26)16-6-2-1-3-7-16/h1-10,12,15,18H,11,13-14H2/t18-/m0/s1. The lowest BCUT2D eigenvalue weighted by molar-refractivity contribution is 0.428. The minimum absolute atomic E-state index is 0.0438. The summed E-state index contributed by atoms with van der Waals surface area (Å²) in [6, 6.07) is 18.7. The third kappa shape index (κ3) is 3.20. The summed E-state index contributed by atoms with van der Waals surface area (Å²) in [6.45, 7) is 0.805. The quantitative estimate of drug-likeness (QED) is 0.521. The van der Waals surface area contributed by atoms with Gasteiger partial charge in [0.2, 0.25) is 10.0 Å². The maximum atomic E-state index is 13.3. The van der Waals surface area contributed by atoms with E-state index in [-0.39, 0.29) is 10.9 Å². The molecule has 0 radical (unpaired) electrons. The van der Waals surface area contributed by atoms with Crippen molar-refractivity contribution in [1.82, 2.24) is 24.3 Å². The van der Waals surface area contributed by atoms with Crippen molar-refractivity contribution in [3.8, 4) is 11.3 Å². The lowest BCUT2D eigenvalue weighted by Gasteiger charge is -2.17. The molecule has 0 unspecified atom stereocenters. The van der Waals surface area contributed by atoms with Gasteiger partial charge in [-0.25, -0.2) is 13.1 Å². The molecule has 3 heterocycles. The summed E-state index contributed by atoms with van der Waals surface area (Å²) >= 11 is 0. The van der Waals surface area contributed by atoms with Crippen LogP contribution in [-0.4, -0.2) is 45.8 Å². The number of para-hydroxylation sites is 1. The molecule has 146 valence electrons. The third-order valence-corrected chi connectivity index (χ3v) is 7.19. The van der Waals surface area contributed by atoms with E-state index in [4.69, 9.17) is 0 Å². The first-order chi connectivity index (χ1) is 14.1. The summed E-state index contributed by atoms with van der Waals surface area (Å²) in [5.41, 5.74) is 2.28. The average Bonchev–Trinajstić information content (AvgIpc) is 3.44. The van der Waals surface area contributed by atoms with Gasteiger partial charge in [-0.15, -0.1) is 5.10 Å². The van der Waals surface area contributed by atoms with Crippen LogP contribution < -0.4 is 0 Å². The van der Waals surface area contributed by atoms with E-state index in [1.54, 1.807) is 29.1 Å². The van der Waals surface area contributed by atoms with Crippen molar-refractivity contribution in [2.75, 3.05) is 13.1 Å². The average molecular weight is 405 g/mol. The Labute approximate surface area is 168 Å². The Balaban J connectivity index is 1.41. The first-order valence-corrected chi connectivity index (χ1v) is 10.9. The fourth-order valence-electron chi connectivity index (χ4n) is 3.76. The van der Waals surface area contributed by atoms with E-state index in [0.29, 0.717) is 25.0 Å². The molecule has 0 N–H and O–H groups in total. The van der Waals surface area contributed by atoms with E-state index < -0.39 is 10.0 Å². The van der Waals surface area contributed by atoms with Gasteiger partial charge in [0, 0.05) is 30.2 Å². The highest BCUT2D eigenvalue weighted by molar-refractivity contribution is 7.89. The Kier molecular flexibility index (Phi) is 4.37. The van der Waals surface area contributed by atoms with E-state index in [1.165, 1.54) is 4.31 Å². The van der Waals surface area contributed by atoms with Gasteiger partial charge in [0.05, 0.1) is 17.8 Å². The van der Waals surface area contributed by atoms with Crippen LogP contribution in [0.3, 0.4) is 0 Å². The highest BCUT2D eigenvalue weighted by Gasteiger charge is 2.35. The van der Waals surface area contributed by atoms with Crippen LogP contribution in [0.4, 0.5) is 0 Å².